The molecule has 0 bridgehead atoms. The van der Waals surface area contributed by atoms with Crippen LogP contribution >= 0.6 is 0 Å². The summed E-state index contributed by atoms with van der Waals surface area (Å²) in [5.41, 5.74) is 2.20. The van der Waals surface area contributed by atoms with Gasteiger partial charge in [0.25, 0.3) is 0 Å². The van der Waals surface area contributed by atoms with Crippen molar-refractivity contribution >= 4 is 17.6 Å². The molecule has 0 aliphatic carbocycles. The lowest BCUT2D eigenvalue weighted by Gasteiger charge is -2.32. The molecule has 0 unspecified atom stereocenters. The first kappa shape index (κ1) is 14.4. The normalized spacial score (nSPS) is 16.0. The van der Waals surface area contributed by atoms with Gasteiger partial charge < -0.3 is 15.3 Å². The van der Waals surface area contributed by atoms with Crippen LogP contribution in [-0.4, -0.2) is 41.0 Å². The van der Waals surface area contributed by atoms with Crippen molar-refractivity contribution in [1.29, 1.82) is 0 Å². The lowest BCUT2D eigenvalue weighted by molar-refractivity contribution is -0.129. The zero-order chi connectivity index (χ0) is 14.7. The number of carboxylic acids is 1. The second kappa shape index (κ2) is 5.94. The summed E-state index contributed by atoms with van der Waals surface area (Å²) in [4.78, 5) is 24.0. The lowest BCUT2D eigenvalue weighted by atomic mass is 10.0. The largest absolute Gasteiger partial charge is 0.478 e. The maximum atomic E-state index is 11.3. The molecule has 1 aliphatic heterocycles. The van der Waals surface area contributed by atoms with Gasteiger partial charge in [0.15, 0.2) is 0 Å². The molecule has 2 rings (SSSR count). The molecule has 0 saturated carbocycles. The summed E-state index contributed by atoms with van der Waals surface area (Å²) in [5, 5.41) is 12.4. The first-order chi connectivity index (χ1) is 9.47. The number of hydrogen-bond acceptors (Lipinski definition) is 3. The molecule has 0 spiro atoms. The van der Waals surface area contributed by atoms with Gasteiger partial charge in [-0.05, 0) is 43.5 Å². The smallest absolute Gasteiger partial charge is 0.335 e. The van der Waals surface area contributed by atoms with E-state index in [2.05, 4.69) is 5.32 Å². The van der Waals surface area contributed by atoms with Crippen molar-refractivity contribution in [2.24, 2.45) is 0 Å². The number of aromatic carboxylic acids is 1. The predicted octanol–water partition coefficient (Wildman–Crippen LogP) is 2.12. The van der Waals surface area contributed by atoms with E-state index in [0.29, 0.717) is 11.6 Å². The number of nitrogens with one attached hydrogen (secondary N) is 1. The third-order valence-corrected chi connectivity index (χ3v) is 3.77. The fourth-order valence-electron chi connectivity index (χ4n) is 2.52. The summed E-state index contributed by atoms with van der Waals surface area (Å²) < 4.78 is 0. The number of anilines is 1. The predicted molar refractivity (Wildman–Crippen MR) is 77.0 cm³/mol. The lowest BCUT2D eigenvalue weighted by Crippen LogP contribution is -2.41. The minimum Gasteiger partial charge on any atom is -0.478 e. The minimum absolute atomic E-state index is 0.130. The van der Waals surface area contributed by atoms with Crippen LogP contribution in [0.25, 0.3) is 0 Å². The Morgan fingerprint density at radius 2 is 1.95 bits per heavy atom. The molecule has 20 heavy (non-hydrogen) atoms. The van der Waals surface area contributed by atoms with E-state index < -0.39 is 5.97 Å². The molecule has 108 valence electrons. The summed E-state index contributed by atoms with van der Waals surface area (Å²) in [5.74, 6) is -0.778. The number of carbonyl (C=O) groups excluding carboxylic acids is 1. The molecule has 1 aromatic rings. The molecule has 0 atom stereocenters. The van der Waals surface area contributed by atoms with Crippen LogP contribution in [0.5, 0.6) is 0 Å². The summed E-state index contributed by atoms with van der Waals surface area (Å²) >= 11 is 0. The Kier molecular flexibility index (Phi) is 4.27. The zero-order valence-corrected chi connectivity index (χ0v) is 11.8. The van der Waals surface area contributed by atoms with E-state index in [1.807, 2.05) is 17.9 Å². The van der Waals surface area contributed by atoms with E-state index in [1.54, 1.807) is 19.1 Å². The van der Waals surface area contributed by atoms with Crippen molar-refractivity contribution in [3.05, 3.63) is 29.3 Å². The van der Waals surface area contributed by atoms with Gasteiger partial charge in [-0.15, -0.1) is 0 Å². The van der Waals surface area contributed by atoms with Gasteiger partial charge in [-0.3, -0.25) is 4.79 Å². The van der Waals surface area contributed by atoms with Gasteiger partial charge in [0.2, 0.25) is 5.91 Å². The minimum atomic E-state index is -0.908. The molecule has 0 radical (unpaired) electrons. The van der Waals surface area contributed by atoms with Crippen molar-refractivity contribution in [3.8, 4) is 0 Å². The summed E-state index contributed by atoms with van der Waals surface area (Å²) in [6, 6.07) is 5.44. The number of hydrogen-bond donors (Lipinski definition) is 2. The zero-order valence-electron chi connectivity index (χ0n) is 11.8. The van der Waals surface area contributed by atoms with Crippen LogP contribution in [-0.2, 0) is 4.79 Å². The number of piperidine rings is 1. The second-order valence-electron chi connectivity index (χ2n) is 5.26. The van der Waals surface area contributed by atoms with Gasteiger partial charge in [-0.1, -0.05) is 0 Å². The van der Waals surface area contributed by atoms with Crippen LogP contribution in [0.4, 0.5) is 5.69 Å². The van der Waals surface area contributed by atoms with Crippen molar-refractivity contribution in [2.45, 2.75) is 32.7 Å². The average molecular weight is 276 g/mol. The van der Waals surface area contributed by atoms with Crippen LogP contribution in [0.1, 0.15) is 35.7 Å². The third-order valence-electron chi connectivity index (χ3n) is 3.77. The first-order valence-electron chi connectivity index (χ1n) is 6.83. The Labute approximate surface area is 118 Å². The number of carbonyl (C=O) groups is 2. The van der Waals surface area contributed by atoms with E-state index in [9.17, 15) is 9.59 Å². The number of carboxylic acid groups (broad SMARTS) is 1. The Hall–Kier alpha value is -2.04. The van der Waals surface area contributed by atoms with Crippen LogP contribution in [0.3, 0.4) is 0 Å². The van der Waals surface area contributed by atoms with E-state index in [0.717, 1.165) is 37.2 Å². The average Bonchev–Trinajstić information content (AvgIpc) is 2.41. The van der Waals surface area contributed by atoms with Gasteiger partial charge in [0.1, 0.15) is 0 Å². The van der Waals surface area contributed by atoms with Crippen molar-refractivity contribution in [2.75, 3.05) is 18.4 Å². The number of rotatable bonds is 3. The standard InChI is InChI=1S/C15H20N2O3/c1-10-9-12(15(19)20)3-4-14(10)16-13-5-7-17(8-6-13)11(2)18/h3-4,9,13,16H,5-8H2,1-2H3,(H,19,20). The molecule has 1 fully saturated rings. The molecule has 1 saturated heterocycles. The van der Waals surface area contributed by atoms with Gasteiger partial charge in [0.05, 0.1) is 5.56 Å². The van der Waals surface area contributed by atoms with E-state index in [-0.39, 0.29) is 5.91 Å². The Balaban J connectivity index is 1.98. The summed E-state index contributed by atoms with van der Waals surface area (Å²) in [6.07, 6.45) is 1.83. The number of aryl methyl sites for hydroxylation is 1. The molecule has 5 heteroatoms. The second-order valence-corrected chi connectivity index (χ2v) is 5.26. The molecular weight excluding hydrogens is 256 g/mol. The maximum Gasteiger partial charge on any atom is 0.335 e. The first-order valence-corrected chi connectivity index (χ1v) is 6.83. The number of nitrogens with zero attached hydrogens (tertiary/aromatic N) is 1. The van der Waals surface area contributed by atoms with Crippen LogP contribution in [0.15, 0.2) is 18.2 Å². The van der Waals surface area contributed by atoms with Crippen LogP contribution < -0.4 is 5.32 Å². The number of benzene rings is 1. The Morgan fingerprint density at radius 3 is 2.45 bits per heavy atom. The molecule has 5 nitrogen and oxygen atoms in total. The Morgan fingerprint density at radius 1 is 1.30 bits per heavy atom. The van der Waals surface area contributed by atoms with Crippen molar-refractivity contribution in [3.63, 3.8) is 0 Å². The molecule has 2 N–H and O–H groups in total. The molecular formula is C15H20N2O3. The number of likely N-dealkylation sites (tertiary alicyclic amines) is 1. The highest BCUT2D eigenvalue weighted by atomic mass is 16.4. The SMILES string of the molecule is CC(=O)N1CCC(Nc2ccc(C(=O)O)cc2C)CC1. The van der Waals surface area contributed by atoms with E-state index in [4.69, 9.17) is 5.11 Å². The summed E-state index contributed by atoms with van der Waals surface area (Å²) in [7, 11) is 0. The highest BCUT2D eigenvalue weighted by molar-refractivity contribution is 5.88. The third kappa shape index (κ3) is 3.29. The van der Waals surface area contributed by atoms with Crippen LogP contribution in [0.2, 0.25) is 0 Å². The van der Waals surface area contributed by atoms with Crippen molar-refractivity contribution in [1.82, 2.24) is 4.90 Å². The highest BCUT2D eigenvalue weighted by Crippen LogP contribution is 2.21. The molecule has 1 aliphatic rings. The van der Waals surface area contributed by atoms with Gasteiger partial charge in [-0.25, -0.2) is 4.79 Å². The fourth-order valence-corrected chi connectivity index (χ4v) is 2.52. The molecule has 0 aromatic heterocycles. The summed E-state index contributed by atoms with van der Waals surface area (Å²) in [6.45, 7) is 5.06. The van der Waals surface area contributed by atoms with Crippen molar-refractivity contribution < 1.29 is 14.7 Å². The Bertz CT molecular complexity index is 520. The molecule has 1 amide bonds. The highest BCUT2D eigenvalue weighted by Gasteiger charge is 2.20. The van der Waals surface area contributed by atoms with Crippen LogP contribution in [0, 0.1) is 6.92 Å². The van der Waals surface area contributed by atoms with Gasteiger partial charge in [-0.2, -0.15) is 0 Å². The quantitative estimate of drug-likeness (QED) is 0.887. The van der Waals surface area contributed by atoms with E-state index in [1.165, 1.54) is 0 Å². The van der Waals surface area contributed by atoms with E-state index >= 15 is 0 Å². The fraction of sp³-hybridized carbons (Fsp3) is 0.467. The molecule has 1 heterocycles. The number of amides is 1. The van der Waals surface area contributed by atoms with Gasteiger partial charge in [0, 0.05) is 31.7 Å². The molecule has 1 aromatic carbocycles. The maximum absolute atomic E-state index is 11.3. The monoisotopic (exact) mass is 276 g/mol. The van der Waals surface area contributed by atoms with Gasteiger partial charge >= 0.3 is 5.97 Å². The topological polar surface area (TPSA) is 69.6 Å².